The number of nitro groups is 1. The summed E-state index contributed by atoms with van der Waals surface area (Å²) in [5.74, 6) is 2.93. The molecule has 2 saturated carbocycles. The van der Waals surface area contributed by atoms with Gasteiger partial charge < -0.3 is 14.5 Å². The molecular formula is C21H23ClN2O5. The molecule has 1 N–H and O–H groups in total. The number of amides is 1. The highest BCUT2D eigenvalue weighted by Crippen LogP contribution is 2.49. The molecule has 154 valence electrons. The van der Waals surface area contributed by atoms with E-state index in [1.54, 1.807) is 12.1 Å². The van der Waals surface area contributed by atoms with Crippen LogP contribution in [0.25, 0.3) is 0 Å². The number of carbonyl (C=O) groups excluding carboxylic acids is 1. The fourth-order valence-electron chi connectivity index (χ4n) is 4.74. The summed E-state index contributed by atoms with van der Waals surface area (Å²) in [6.45, 7) is 2.14. The van der Waals surface area contributed by atoms with E-state index in [1.807, 2.05) is 0 Å². The lowest BCUT2D eigenvalue weighted by molar-refractivity contribution is -0.384. The number of furan rings is 1. The van der Waals surface area contributed by atoms with Gasteiger partial charge in [-0.05, 0) is 62.1 Å². The van der Waals surface area contributed by atoms with Crippen molar-refractivity contribution in [3.63, 3.8) is 0 Å². The molecule has 4 rings (SSSR count). The van der Waals surface area contributed by atoms with E-state index in [4.69, 9.17) is 20.8 Å². The molecular weight excluding hydrogens is 396 g/mol. The first-order valence-corrected chi connectivity index (χ1v) is 10.2. The Hall–Kier alpha value is -2.54. The van der Waals surface area contributed by atoms with Gasteiger partial charge in [0, 0.05) is 18.2 Å². The molecule has 0 spiro atoms. The average Bonchev–Trinajstić information content (AvgIpc) is 3.43. The SMILES string of the molecule is CC(NC(=O)c1ccc(COc2ccc([N+](=O)[O-])cc2Cl)o1)C1CC2CCC1C2. The summed E-state index contributed by atoms with van der Waals surface area (Å²) in [6.07, 6.45) is 5.13. The molecule has 2 aliphatic rings. The Balaban J connectivity index is 1.32. The fraction of sp³-hybridized carbons (Fsp3) is 0.476. The standard InChI is InChI=1S/C21H23ClN2O5/c1-12(17-9-13-2-3-14(17)8-13)23-21(25)20-7-5-16(29-20)11-28-19-6-4-15(24(26)27)10-18(19)22/h4-7,10,12-14,17H,2-3,8-9,11H2,1H3,(H,23,25). The fourth-order valence-corrected chi connectivity index (χ4v) is 4.97. The van der Waals surface area contributed by atoms with Crippen LogP contribution in [0, 0.1) is 27.9 Å². The minimum Gasteiger partial charge on any atom is -0.484 e. The van der Waals surface area contributed by atoms with Gasteiger partial charge in [-0.15, -0.1) is 0 Å². The predicted molar refractivity (Wildman–Crippen MR) is 107 cm³/mol. The first-order valence-electron chi connectivity index (χ1n) is 9.87. The minimum atomic E-state index is -0.523. The number of nitrogens with zero attached hydrogens (tertiary/aromatic N) is 1. The first-order chi connectivity index (χ1) is 13.9. The van der Waals surface area contributed by atoms with E-state index in [9.17, 15) is 14.9 Å². The maximum atomic E-state index is 12.5. The molecule has 0 radical (unpaired) electrons. The third-order valence-corrected chi connectivity index (χ3v) is 6.47. The smallest absolute Gasteiger partial charge is 0.287 e. The Labute approximate surface area is 173 Å². The summed E-state index contributed by atoms with van der Waals surface area (Å²) < 4.78 is 11.2. The Morgan fingerprint density at radius 1 is 1.34 bits per heavy atom. The van der Waals surface area contributed by atoms with Crippen molar-refractivity contribution in [2.45, 2.75) is 45.3 Å². The van der Waals surface area contributed by atoms with Crippen LogP contribution in [0.1, 0.15) is 48.9 Å². The lowest BCUT2D eigenvalue weighted by Gasteiger charge is -2.28. The Morgan fingerprint density at radius 2 is 2.17 bits per heavy atom. The molecule has 29 heavy (non-hydrogen) atoms. The molecule has 8 heteroatoms. The van der Waals surface area contributed by atoms with Crippen molar-refractivity contribution >= 4 is 23.2 Å². The Bertz CT molecular complexity index is 928. The summed E-state index contributed by atoms with van der Waals surface area (Å²) >= 11 is 6.02. The number of non-ortho nitro benzene ring substituents is 1. The summed E-state index contributed by atoms with van der Waals surface area (Å²) in [5.41, 5.74) is -0.107. The number of rotatable bonds is 7. The molecule has 2 aliphatic carbocycles. The van der Waals surface area contributed by atoms with Gasteiger partial charge in [0.05, 0.1) is 9.95 Å². The van der Waals surface area contributed by atoms with Crippen molar-refractivity contribution in [2.75, 3.05) is 0 Å². The number of carbonyl (C=O) groups is 1. The zero-order chi connectivity index (χ0) is 20.5. The van der Waals surface area contributed by atoms with Crippen LogP contribution in [0.15, 0.2) is 34.7 Å². The number of ether oxygens (including phenoxy) is 1. The lowest BCUT2D eigenvalue weighted by Crippen LogP contribution is -2.40. The highest BCUT2D eigenvalue weighted by atomic mass is 35.5. The van der Waals surface area contributed by atoms with E-state index in [0.29, 0.717) is 17.4 Å². The molecule has 7 nitrogen and oxygen atoms in total. The van der Waals surface area contributed by atoms with Crippen molar-refractivity contribution in [2.24, 2.45) is 17.8 Å². The Kier molecular flexibility index (Phi) is 5.50. The second kappa shape index (κ2) is 8.06. The monoisotopic (exact) mass is 418 g/mol. The average molecular weight is 419 g/mol. The van der Waals surface area contributed by atoms with Gasteiger partial charge in [0.1, 0.15) is 18.1 Å². The number of hydrogen-bond acceptors (Lipinski definition) is 5. The van der Waals surface area contributed by atoms with Crippen LogP contribution in [0.3, 0.4) is 0 Å². The lowest BCUT2D eigenvalue weighted by atomic mass is 9.84. The molecule has 2 fully saturated rings. The largest absolute Gasteiger partial charge is 0.484 e. The van der Waals surface area contributed by atoms with Crippen LogP contribution >= 0.6 is 11.6 Å². The first kappa shape index (κ1) is 19.8. The third-order valence-electron chi connectivity index (χ3n) is 6.18. The predicted octanol–water partition coefficient (Wildman–Crippen LogP) is 4.97. The van der Waals surface area contributed by atoms with Crippen molar-refractivity contribution in [1.82, 2.24) is 5.32 Å². The highest BCUT2D eigenvalue weighted by molar-refractivity contribution is 6.32. The number of hydrogen-bond donors (Lipinski definition) is 1. The number of benzene rings is 1. The summed E-state index contributed by atoms with van der Waals surface area (Å²) in [4.78, 5) is 22.8. The molecule has 4 unspecified atom stereocenters. The topological polar surface area (TPSA) is 94.6 Å². The van der Waals surface area contributed by atoms with Gasteiger partial charge in [-0.25, -0.2) is 0 Å². The molecule has 1 aromatic heterocycles. The number of nitrogens with one attached hydrogen (secondary N) is 1. The van der Waals surface area contributed by atoms with Gasteiger partial charge in [-0.2, -0.15) is 0 Å². The van der Waals surface area contributed by atoms with Crippen LogP contribution in [0.5, 0.6) is 5.75 Å². The molecule has 1 aromatic carbocycles. The molecule has 2 aromatic rings. The molecule has 0 aliphatic heterocycles. The molecule has 0 saturated heterocycles. The maximum absolute atomic E-state index is 12.5. The van der Waals surface area contributed by atoms with Gasteiger partial charge in [-0.3, -0.25) is 14.9 Å². The minimum absolute atomic E-state index is 0.0622. The molecule has 1 amide bonds. The molecule has 2 bridgehead atoms. The summed E-state index contributed by atoms with van der Waals surface area (Å²) in [5, 5.41) is 14.0. The van der Waals surface area contributed by atoms with Crippen molar-refractivity contribution < 1.29 is 18.9 Å². The van der Waals surface area contributed by atoms with E-state index in [2.05, 4.69) is 12.2 Å². The van der Waals surface area contributed by atoms with Crippen LogP contribution in [-0.2, 0) is 6.61 Å². The zero-order valence-corrected chi connectivity index (χ0v) is 16.9. The molecule has 1 heterocycles. The van der Waals surface area contributed by atoms with Crippen LogP contribution in [0.4, 0.5) is 5.69 Å². The van der Waals surface area contributed by atoms with E-state index in [1.165, 1.54) is 43.9 Å². The van der Waals surface area contributed by atoms with Crippen molar-refractivity contribution in [3.8, 4) is 5.75 Å². The Morgan fingerprint density at radius 3 is 2.83 bits per heavy atom. The molecule has 4 atom stereocenters. The summed E-state index contributed by atoms with van der Waals surface area (Å²) in [7, 11) is 0. The van der Waals surface area contributed by atoms with Crippen LogP contribution in [0.2, 0.25) is 5.02 Å². The van der Waals surface area contributed by atoms with Crippen LogP contribution in [-0.4, -0.2) is 16.9 Å². The number of fused-ring (bicyclic) bond motifs is 2. The van der Waals surface area contributed by atoms with Crippen LogP contribution < -0.4 is 10.1 Å². The summed E-state index contributed by atoms with van der Waals surface area (Å²) in [6, 6.07) is 7.42. The maximum Gasteiger partial charge on any atom is 0.287 e. The quantitative estimate of drug-likeness (QED) is 0.505. The second-order valence-electron chi connectivity index (χ2n) is 8.03. The van der Waals surface area contributed by atoms with Crippen molar-refractivity contribution in [3.05, 3.63) is 57.0 Å². The van der Waals surface area contributed by atoms with Gasteiger partial charge in [0.25, 0.3) is 11.6 Å². The second-order valence-corrected chi connectivity index (χ2v) is 8.43. The van der Waals surface area contributed by atoms with Gasteiger partial charge in [-0.1, -0.05) is 18.0 Å². The van der Waals surface area contributed by atoms with Gasteiger partial charge in [0.15, 0.2) is 5.76 Å². The van der Waals surface area contributed by atoms with Gasteiger partial charge >= 0.3 is 0 Å². The zero-order valence-electron chi connectivity index (χ0n) is 16.1. The van der Waals surface area contributed by atoms with E-state index in [-0.39, 0.29) is 35.0 Å². The van der Waals surface area contributed by atoms with Gasteiger partial charge in [0.2, 0.25) is 0 Å². The van der Waals surface area contributed by atoms with E-state index in [0.717, 1.165) is 11.8 Å². The van der Waals surface area contributed by atoms with E-state index < -0.39 is 4.92 Å². The van der Waals surface area contributed by atoms with E-state index >= 15 is 0 Å². The highest BCUT2D eigenvalue weighted by Gasteiger charge is 2.42. The number of halogens is 1. The number of nitro benzene ring substituents is 1. The normalized spacial score (nSPS) is 23.7. The third kappa shape index (κ3) is 4.24. The van der Waals surface area contributed by atoms with Crippen molar-refractivity contribution in [1.29, 1.82) is 0 Å².